The average Bonchev–Trinajstić information content (AvgIpc) is 3.10. The number of nitrogens with zero attached hydrogens (tertiary/aromatic N) is 5. The molecule has 1 fully saturated rings. The van der Waals surface area contributed by atoms with Gasteiger partial charge < -0.3 is 20.1 Å². The molecule has 0 amide bonds. The molecule has 1 aliphatic heterocycles. The summed E-state index contributed by atoms with van der Waals surface area (Å²) in [7, 11) is 1.47. The van der Waals surface area contributed by atoms with Crippen molar-refractivity contribution in [3.8, 4) is 11.7 Å². The summed E-state index contributed by atoms with van der Waals surface area (Å²) >= 11 is 6.44. The van der Waals surface area contributed by atoms with Gasteiger partial charge in [-0.25, -0.2) is 4.79 Å². The number of para-hydroxylation sites is 1. The van der Waals surface area contributed by atoms with Gasteiger partial charge in [0.2, 0.25) is 5.95 Å². The molecule has 0 atom stereocenters. The molecule has 0 aliphatic carbocycles. The molecule has 0 unspecified atom stereocenters. The number of piperazine rings is 1. The number of ether oxygens (including phenoxy) is 1. The van der Waals surface area contributed by atoms with E-state index in [-0.39, 0.29) is 17.2 Å². The fraction of sp³-hybridized carbons (Fsp3) is 0.333. The second kappa shape index (κ2) is 7.72. The first-order valence-electron chi connectivity index (χ1n) is 9.02. The van der Waals surface area contributed by atoms with Gasteiger partial charge in [-0.3, -0.25) is 13.9 Å². The topological polar surface area (TPSA) is 115 Å². The lowest BCUT2D eigenvalue weighted by Crippen LogP contribution is -2.44. The van der Waals surface area contributed by atoms with E-state index >= 15 is 0 Å². The maximum Gasteiger partial charge on any atom is 0.341 e. The molecule has 4 rings (SSSR count). The summed E-state index contributed by atoms with van der Waals surface area (Å²) in [6.45, 7) is 2.36. The molecule has 10 nitrogen and oxygen atoms in total. The molecule has 0 bridgehead atoms. The second-order valence-corrected chi connectivity index (χ2v) is 6.96. The molecule has 2 N–H and O–H groups in total. The second-order valence-electron chi connectivity index (χ2n) is 6.55. The van der Waals surface area contributed by atoms with Gasteiger partial charge in [0, 0.05) is 33.2 Å². The van der Waals surface area contributed by atoms with Gasteiger partial charge in [-0.1, -0.05) is 23.7 Å². The Morgan fingerprint density at radius 1 is 1.28 bits per heavy atom. The number of rotatable bonds is 5. The Morgan fingerprint density at radius 3 is 2.69 bits per heavy atom. The van der Waals surface area contributed by atoms with Crippen molar-refractivity contribution in [3.63, 3.8) is 0 Å². The summed E-state index contributed by atoms with van der Waals surface area (Å²) in [5.41, 5.74) is 0.617. The number of imidazole rings is 1. The van der Waals surface area contributed by atoms with E-state index in [0.717, 1.165) is 13.1 Å². The number of hydrogen-bond donors (Lipinski definition) is 2. The van der Waals surface area contributed by atoms with E-state index in [2.05, 4.69) is 20.2 Å². The van der Waals surface area contributed by atoms with E-state index in [1.807, 2.05) is 18.2 Å². The van der Waals surface area contributed by atoms with E-state index in [1.54, 1.807) is 10.6 Å². The lowest BCUT2D eigenvalue weighted by Gasteiger charge is -2.28. The van der Waals surface area contributed by atoms with Crippen molar-refractivity contribution in [3.05, 3.63) is 39.6 Å². The first kappa shape index (κ1) is 19.2. The van der Waals surface area contributed by atoms with Crippen LogP contribution in [0.2, 0.25) is 5.02 Å². The highest BCUT2D eigenvalue weighted by Crippen LogP contribution is 2.29. The third kappa shape index (κ3) is 3.52. The number of carboxylic acids is 1. The van der Waals surface area contributed by atoms with Gasteiger partial charge in [0.25, 0.3) is 5.56 Å². The Kier molecular flexibility index (Phi) is 5.12. The van der Waals surface area contributed by atoms with Crippen molar-refractivity contribution in [1.82, 2.24) is 24.4 Å². The minimum atomic E-state index is -1.16. The summed E-state index contributed by atoms with van der Waals surface area (Å²) < 4.78 is 8.04. The standard InChI is InChI=1S/C18H19ClN6O4/c1-23-16(28)14-15(22-18(23)29-10-13(26)27)21-17(24-8-6-20-7-9-24)25(14)12-5-3-2-4-11(12)19/h2-5,20H,6-10H2,1H3,(H,26,27). The van der Waals surface area contributed by atoms with Crippen molar-refractivity contribution in [2.24, 2.45) is 7.05 Å². The predicted octanol–water partition coefficient (Wildman–Crippen LogP) is 0.646. The van der Waals surface area contributed by atoms with E-state index in [0.29, 0.717) is 29.7 Å². The van der Waals surface area contributed by atoms with Gasteiger partial charge >= 0.3 is 12.0 Å². The molecule has 3 aromatic rings. The zero-order valence-electron chi connectivity index (χ0n) is 15.6. The van der Waals surface area contributed by atoms with Crippen LogP contribution in [0.5, 0.6) is 6.01 Å². The van der Waals surface area contributed by atoms with Crippen LogP contribution in [0, 0.1) is 0 Å². The average molecular weight is 419 g/mol. The van der Waals surface area contributed by atoms with Crippen molar-refractivity contribution in [2.45, 2.75) is 0 Å². The third-order valence-electron chi connectivity index (χ3n) is 4.65. The van der Waals surface area contributed by atoms with Crippen LogP contribution < -0.4 is 20.5 Å². The van der Waals surface area contributed by atoms with Crippen LogP contribution in [0.15, 0.2) is 29.1 Å². The Labute approximate surface area is 170 Å². The van der Waals surface area contributed by atoms with E-state index in [9.17, 15) is 9.59 Å². The Bertz CT molecular complexity index is 1140. The van der Waals surface area contributed by atoms with Crippen LogP contribution >= 0.6 is 11.6 Å². The van der Waals surface area contributed by atoms with Crippen molar-refractivity contribution >= 4 is 34.7 Å². The Hall–Kier alpha value is -3.11. The SMILES string of the molecule is Cn1c(OCC(=O)O)nc2nc(N3CCNCC3)n(-c3ccccc3Cl)c2c1=O. The van der Waals surface area contributed by atoms with Crippen molar-refractivity contribution in [2.75, 3.05) is 37.7 Å². The van der Waals surface area contributed by atoms with Crippen LogP contribution in [-0.2, 0) is 11.8 Å². The fourth-order valence-corrected chi connectivity index (χ4v) is 3.49. The summed E-state index contributed by atoms with van der Waals surface area (Å²) in [5.74, 6) is -0.614. The highest BCUT2D eigenvalue weighted by Gasteiger charge is 2.25. The van der Waals surface area contributed by atoms with Crippen molar-refractivity contribution in [1.29, 1.82) is 0 Å². The molecule has 11 heteroatoms. The molecular weight excluding hydrogens is 400 g/mol. The number of halogens is 1. The molecule has 0 spiro atoms. The van der Waals surface area contributed by atoms with Gasteiger partial charge in [-0.2, -0.15) is 9.97 Å². The largest absolute Gasteiger partial charge is 0.479 e. The minimum absolute atomic E-state index is 0.111. The lowest BCUT2D eigenvalue weighted by molar-refractivity contribution is -0.139. The maximum atomic E-state index is 13.2. The molecule has 0 saturated carbocycles. The first-order valence-corrected chi connectivity index (χ1v) is 9.40. The normalized spacial score (nSPS) is 14.3. The zero-order chi connectivity index (χ0) is 20.5. The summed E-state index contributed by atoms with van der Waals surface area (Å²) in [5, 5.41) is 12.6. The highest BCUT2D eigenvalue weighted by atomic mass is 35.5. The van der Waals surface area contributed by atoms with Crippen LogP contribution in [0.3, 0.4) is 0 Å². The number of aromatic nitrogens is 4. The third-order valence-corrected chi connectivity index (χ3v) is 4.97. The number of fused-ring (bicyclic) bond motifs is 1. The summed E-state index contributed by atoms with van der Waals surface area (Å²) in [6.07, 6.45) is 0. The molecule has 29 heavy (non-hydrogen) atoms. The zero-order valence-corrected chi connectivity index (χ0v) is 16.4. The van der Waals surface area contributed by atoms with Gasteiger partial charge in [-0.15, -0.1) is 0 Å². The molecule has 2 aromatic heterocycles. The van der Waals surface area contributed by atoms with Crippen molar-refractivity contribution < 1.29 is 14.6 Å². The fourth-order valence-electron chi connectivity index (χ4n) is 3.27. The number of anilines is 1. The molecule has 1 aliphatic rings. The molecule has 152 valence electrons. The number of hydrogen-bond acceptors (Lipinski definition) is 7. The summed E-state index contributed by atoms with van der Waals surface area (Å²) in [4.78, 5) is 34.9. The van der Waals surface area contributed by atoms with Gasteiger partial charge in [0.15, 0.2) is 17.8 Å². The van der Waals surface area contributed by atoms with E-state index in [4.69, 9.17) is 21.4 Å². The molecule has 1 aromatic carbocycles. The molecule has 0 radical (unpaired) electrons. The number of benzene rings is 1. The monoisotopic (exact) mass is 418 g/mol. The first-order chi connectivity index (χ1) is 14.0. The lowest BCUT2D eigenvalue weighted by atomic mass is 10.3. The smallest absolute Gasteiger partial charge is 0.341 e. The Balaban J connectivity index is 1.97. The van der Waals surface area contributed by atoms with Crippen LogP contribution in [0.1, 0.15) is 0 Å². The number of carbonyl (C=O) groups is 1. The molecule has 3 heterocycles. The predicted molar refractivity (Wildman–Crippen MR) is 107 cm³/mol. The van der Waals surface area contributed by atoms with E-state index in [1.165, 1.54) is 11.6 Å². The van der Waals surface area contributed by atoms with Gasteiger partial charge in [-0.05, 0) is 12.1 Å². The maximum absolute atomic E-state index is 13.2. The van der Waals surface area contributed by atoms with Gasteiger partial charge in [0.05, 0.1) is 10.7 Å². The number of nitrogens with one attached hydrogen (secondary N) is 1. The summed E-state index contributed by atoms with van der Waals surface area (Å²) in [6, 6.07) is 7.08. The number of aliphatic carboxylic acids is 1. The van der Waals surface area contributed by atoms with E-state index < -0.39 is 18.1 Å². The Morgan fingerprint density at radius 2 is 2.00 bits per heavy atom. The van der Waals surface area contributed by atoms with Crippen LogP contribution in [0.4, 0.5) is 5.95 Å². The van der Waals surface area contributed by atoms with Crippen LogP contribution in [0.25, 0.3) is 16.9 Å². The minimum Gasteiger partial charge on any atom is -0.479 e. The molecule has 1 saturated heterocycles. The number of carboxylic acid groups (broad SMARTS) is 1. The van der Waals surface area contributed by atoms with Crippen LogP contribution in [-0.4, -0.2) is 63.0 Å². The quantitative estimate of drug-likeness (QED) is 0.620. The molecular formula is C18H19ClN6O4. The highest BCUT2D eigenvalue weighted by molar-refractivity contribution is 6.32. The van der Waals surface area contributed by atoms with Gasteiger partial charge in [0.1, 0.15) is 0 Å².